The monoisotopic (exact) mass is 336 g/mol. The highest BCUT2D eigenvalue weighted by Crippen LogP contribution is 2.42. The van der Waals surface area contributed by atoms with Crippen LogP contribution in [0.25, 0.3) is 0 Å². The second-order valence-electron chi connectivity index (χ2n) is 6.53. The zero-order chi connectivity index (χ0) is 16.7. The van der Waals surface area contributed by atoms with E-state index in [4.69, 9.17) is 0 Å². The number of benzene rings is 1. The Balaban J connectivity index is 1.34. The number of likely N-dealkylation sites (tertiary alicyclic amines) is 1. The van der Waals surface area contributed by atoms with Gasteiger partial charge in [0, 0.05) is 24.8 Å². The van der Waals surface area contributed by atoms with Crippen LogP contribution >= 0.6 is 0 Å². The molecule has 0 bridgehead atoms. The number of hydrogen-bond donors (Lipinski definition) is 1. The number of carbonyl (C=O) groups is 1. The van der Waals surface area contributed by atoms with Gasteiger partial charge in [-0.25, -0.2) is 0 Å². The molecule has 0 radical (unpaired) electrons. The summed E-state index contributed by atoms with van der Waals surface area (Å²) < 4.78 is 34.7. The van der Waals surface area contributed by atoms with Gasteiger partial charge in [-0.15, -0.1) is 8.78 Å². The highest BCUT2D eigenvalue weighted by atomic mass is 19.3. The molecular weight excluding hydrogens is 318 g/mol. The van der Waals surface area contributed by atoms with Gasteiger partial charge >= 0.3 is 6.29 Å². The largest absolute Gasteiger partial charge is 0.586 e. The maximum absolute atomic E-state index is 13.0. The molecule has 2 heterocycles. The Morgan fingerprint density at radius 3 is 2.54 bits per heavy atom. The van der Waals surface area contributed by atoms with Crippen molar-refractivity contribution >= 4 is 11.6 Å². The molecule has 128 valence electrons. The fourth-order valence-corrected chi connectivity index (χ4v) is 3.67. The van der Waals surface area contributed by atoms with Gasteiger partial charge in [0.25, 0.3) is 0 Å². The quantitative estimate of drug-likeness (QED) is 0.863. The lowest BCUT2D eigenvalue weighted by Gasteiger charge is -2.18. The van der Waals surface area contributed by atoms with E-state index in [-0.39, 0.29) is 17.4 Å². The minimum absolute atomic E-state index is 0.0332. The van der Waals surface area contributed by atoms with Crippen molar-refractivity contribution in [3.8, 4) is 11.5 Å². The summed E-state index contributed by atoms with van der Waals surface area (Å²) in [5.41, 5.74) is 0.415. The molecule has 0 saturated carbocycles. The molecule has 4 rings (SSSR count). The zero-order valence-electron chi connectivity index (χ0n) is 13.0. The number of halogens is 2. The van der Waals surface area contributed by atoms with Crippen molar-refractivity contribution < 1.29 is 23.0 Å². The second-order valence-corrected chi connectivity index (χ2v) is 6.53. The normalized spacial score (nSPS) is 27.1. The van der Waals surface area contributed by atoms with E-state index < -0.39 is 6.29 Å². The molecule has 1 N–H and O–H groups in total. The van der Waals surface area contributed by atoms with Crippen LogP contribution in [0.3, 0.4) is 0 Å². The maximum atomic E-state index is 13.0. The van der Waals surface area contributed by atoms with Gasteiger partial charge in [-0.2, -0.15) is 0 Å². The Morgan fingerprint density at radius 2 is 1.83 bits per heavy atom. The molecule has 24 heavy (non-hydrogen) atoms. The topological polar surface area (TPSA) is 50.8 Å². The molecule has 2 unspecified atom stereocenters. The van der Waals surface area contributed by atoms with Crippen LogP contribution in [0.1, 0.15) is 12.8 Å². The molecule has 1 fully saturated rings. The van der Waals surface area contributed by atoms with Gasteiger partial charge in [0.1, 0.15) is 0 Å². The van der Waals surface area contributed by atoms with Crippen LogP contribution in [0.2, 0.25) is 0 Å². The molecule has 5 nitrogen and oxygen atoms in total. The van der Waals surface area contributed by atoms with Crippen LogP contribution in [0.5, 0.6) is 11.5 Å². The van der Waals surface area contributed by atoms with Crippen LogP contribution in [0, 0.1) is 11.8 Å². The molecule has 1 saturated heterocycles. The van der Waals surface area contributed by atoms with Gasteiger partial charge in [-0.05, 0) is 36.8 Å². The summed E-state index contributed by atoms with van der Waals surface area (Å²) in [5, 5.41) is 2.73. The Bertz CT molecular complexity index is 676. The molecule has 1 aromatic carbocycles. The number of ether oxygens (including phenoxy) is 2. The number of anilines is 1. The van der Waals surface area contributed by atoms with Gasteiger partial charge in [0.2, 0.25) is 5.91 Å². The SMILES string of the molecule is O=C(CN1CC2CC=CCC2C1)Nc1ccc2c(c1)OC(F)(F)O2. The van der Waals surface area contributed by atoms with E-state index >= 15 is 0 Å². The van der Waals surface area contributed by atoms with E-state index in [1.54, 1.807) is 0 Å². The fraction of sp³-hybridized carbons (Fsp3) is 0.471. The van der Waals surface area contributed by atoms with E-state index in [0.717, 1.165) is 25.9 Å². The standard InChI is InChI=1S/C17H18F2N2O3/c18-17(19)23-14-6-5-13(7-15(14)24-17)20-16(22)10-21-8-11-3-1-2-4-12(11)9-21/h1-2,5-7,11-12H,3-4,8-10H2,(H,20,22). The van der Waals surface area contributed by atoms with Gasteiger partial charge in [-0.3, -0.25) is 9.69 Å². The average molecular weight is 336 g/mol. The predicted octanol–water partition coefficient (Wildman–Crippen LogP) is 2.84. The minimum atomic E-state index is -3.65. The van der Waals surface area contributed by atoms with Crippen LogP contribution in [0.4, 0.5) is 14.5 Å². The van der Waals surface area contributed by atoms with E-state index in [2.05, 4.69) is 31.8 Å². The molecule has 3 aliphatic rings. The Hall–Kier alpha value is -2.15. The number of allylic oxidation sites excluding steroid dienone is 2. The summed E-state index contributed by atoms with van der Waals surface area (Å²) in [5.74, 6) is 1.00. The molecular formula is C17H18F2N2O3. The third kappa shape index (κ3) is 3.08. The van der Waals surface area contributed by atoms with Crippen molar-refractivity contribution in [3.63, 3.8) is 0 Å². The summed E-state index contributed by atoms with van der Waals surface area (Å²) in [7, 11) is 0. The number of alkyl halides is 2. The number of amides is 1. The molecule has 2 aliphatic heterocycles. The van der Waals surface area contributed by atoms with E-state index in [9.17, 15) is 13.6 Å². The first-order valence-electron chi connectivity index (χ1n) is 8.06. The van der Waals surface area contributed by atoms with Crippen molar-refractivity contribution in [1.29, 1.82) is 0 Å². The lowest BCUT2D eigenvalue weighted by atomic mass is 9.86. The van der Waals surface area contributed by atoms with Crippen molar-refractivity contribution in [2.75, 3.05) is 25.0 Å². The third-order valence-electron chi connectivity index (χ3n) is 4.75. The first kappa shape index (κ1) is 15.4. The fourth-order valence-electron chi connectivity index (χ4n) is 3.67. The number of nitrogens with one attached hydrogen (secondary N) is 1. The summed E-state index contributed by atoms with van der Waals surface area (Å²) in [4.78, 5) is 14.4. The summed E-state index contributed by atoms with van der Waals surface area (Å²) in [6, 6.07) is 4.24. The van der Waals surface area contributed by atoms with Gasteiger partial charge < -0.3 is 14.8 Å². The molecule has 1 amide bonds. The van der Waals surface area contributed by atoms with Crippen molar-refractivity contribution in [1.82, 2.24) is 4.90 Å². The first-order chi connectivity index (χ1) is 11.5. The van der Waals surface area contributed by atoms with Gasteiger partial charge in [0.05, 0.1) is 6.54 Å². The summed E-state index contributed by atoms with van der Waals surface area (Å²) in [6.07, 6.45) is 2.95. The van der Waals surface area contributed by atoms with Crippen molar-refractivity contribution in [2.24, 2.45) is 11.8 Å². The van der Waals surface area contributed by atoms with Crippen LogP contribution in [0.15, 0.2) is 30.4 Å². The highest BCUT2D eigenvalue weighted by molar-refractivity contribution is 5.92. The maximum Gasteiger partial charge on any atom is 0.586 e. The minimum Gasteiger partial charge on any atom is -0.395 e. The molecule has 0 spiro atoms. The number of rotatable bonds is 3. The van der Waals surface area contributed by atoms with Gasteiger partial charge in [-0.1, -0.05) is 12.2 Å². The predicted molar refractivity (Wildman–Crippen MR) is 83.1 cm³/mol. The number of carbonyl (C=O) groups excluding carboxylic acids is 1. The molecule has 1 aromatic rings. The Labute approximate surface area is 138 Å². The zero-order valence-corrected chi connectivity index (χ0v) is 13.0. The Morgan fingerprint density at radius 1 is 1.17 bits per heavy atom. The third-order valence-corrected chi connectivity index (χ3v) is 4.75. The van der Waals surface area contributed by atoms with Crippen molar-refractivity contribution in [2.45, 2.75) is 19.1 Å². The second kappa shape index (κ2) is 5.73. The lowest BCUT2D eigenvalue weighted by molar-refractivity contribution is -0.286. The van der Waals surface area contributed by atoms with E-state index in [1.165, 1.54) is 18.2 Å². The average Bonchev–Trinajstić information content (AvgIpc) is 3.04. The van der Waals surface area contributed by atoms with Crippen LogP contribution in [-0.4, -0.2) is 36.7 Å². The van der Waals surface area contributed by atoms with Crippen LogP contribution in [-0.2, 0) is 4.79 Å². The summed E-state index contributed by atoms with van der Waals surface area (Å²) >= 11 is 0. The molecule has 7 heteroatoms. The highest BCUT2D eigenvalue weighted by Gasteiger charge is 2.43. The molecule has 0 aromatic heterocycles. The summed E-state index contributed by atoms with van der Waals surface area (Å²) in [6.45, 7) is 2.16. The van der Waals surface area contributed by atoms with Crippen molar-refractivity contribution in [3.05, 3.63) is 30.4 Å². The van der Waals surface area contributed by atoms with Gasteiger partial charge in [0.15, 0.2) is 11.5 Å². The molecule has 2 atom stereocenters. The van der Waals surface area contributed by atoms with Crippen LogP contribution < -0.4 is 14.8 Å². The Kier molecular flexibility index (Phi) is 3.68. The van der Waals surface area contributed by atoms with E-state index in [0.29, 0.717) is 24.1 Å². The smallest absolute Gasteiger partial charge is 0.395 e. The number of fused-ring (bicyclic) bond motifs is 2. The lowest BCUT2D eigenvalue weighted by Crippen LogP contribution is -2.31. The number of hydrogen-bond acceptors (Lipinski definition) is 4. The first-order valence-corrected chi connectivity index (χ1v) is 8.06. The molecule has 1 aliphatic carbocycles. The van der Waals surface area contributed by atoms with E-state index in [1.807, 2.05) is 0 Å². The number of nitrogens with zero attached hydrogens (tertiary/aromatic N) is 1.